The van der Waals surface area contributed by atoms with Crippen molar-refractivity contribution in [2.24, 2.45) is 0 Å². The van der Waals surface area contributed by atoms with Gasteiger partial charge in [-0.3, -0.25) is 0 Å². The predicted molar refractivity (Wildman–Crippen MR) is 158 cm³/mol. The average molecular weight is 565 g/mol. The van der Waals surface area contributed by atoms with E-state index in [0.29, 0.717) is 31.7 Å². The van der Waals surface area contributed by atoms with Crippen LogP contribution in [0.5, 0.6) is 6.01 Å². The maximum atomic E-state index is 11.8. The second-order valence-corrected chi connectivity index (χ2v) is 11.8. The molecule has 3 aliphatic rings. The molecule has 0 bridgehead atoms. The number of aromatic nitrogens is 2. The monoisotopic (exact) mass is 564 g/mol. The van der Waals surface area contributed by atoms with Gasteiger partial charge in [0.25, 0.3) is 0 Å². The van der Waals surface area contributed by atoms with Crippen LogP contribution < -0.4 is 14.5 Å². The third kappa shape index (κ3) is 5.01. The number of amides is 1. The Morgan fingerprint density at radius 3 is 2.73 bits per heavy atom. The van der Waals surface area contributed by atoms with Crippen LogP contribution in [-0.4, -0.2) is 89.4 Å². The molecule has 0 radical (unpaired) electrons. The molecule has 40 heavy (non-hydrogen) atoms. The van der Waals surface area contributed by atoms with Gasteiger partial charge in [0.15, 0.2) is 0 Å². The van der Waals surface area contributed by atoms with E-state index in [-0.39, 0.29) is 12.1 Å². The Balaban J connectivity index is 1.34. The van der Waals surface area contributed by atoms with Crippen LogP contribution in [0, 0.1) is 0 Å². The van der Waals surface area contributed by atoms with Gasteiger partial charge >= 0.3 is 12.1 Å². The number of hydrogen-bond donors (Lipinski definition) is 1. The lowest BCUT2D eigenvalue weighted by atomic mass is 10.0. The number of fused-ring (bicyclic) bond motifs is 2. The third-order valence-electron chi connectivity index (χ3n) is 8.95. The van der Waals surface area contributed by atoms with Crippen LogP contribution in [0.2, 0.25) is 5.02 Å². The predicted octanol–water partition coefficient (Wildman–Crippen LogP) is 4.90. The Bertz CT molecular complexity index is 1410. The minimum Gasteiger partial charge on any atom is -0.465 e. The Labute approximate surface area is 240 Å². The van der Waals surface area contributed by atoms with Crippen molar-refractivity contribution in [1.29, 1.82) is 0 Å². The average Bonchev–Trinajstić information content (AvgIpc) is 3.55. The van der Waals surface area contributed by atoms with E-state index < -0.39 is 6.09 Å². The van der Waals surface area contributed by atoms with E-state index in [9.17, 15) is 9.90 Å². The maximum absolute atomic E-state index is 11.8. The van der Waals surface area contributed by atoms with E-state index in [4.69, 9.17) is 26.3 Å². The highest BCUT2D eigenvalue weighted by atomic mass is 35.5. The Morgan fingerprint density at radius 1 is 1.20 bits per heavy atom. The molecular weight excluding hydrogens is 528 g/mol. The van der Waals surface area contributed by atoms with Crippen molar-refractivity contribution in [2.45, 2.75) is 57.3 Å². The van der Waals surface area contributed by atoms with Crippen molar-refractivity contribution in [3.05, 3.63) is 52.7 Å². The van der Waals surface area contributed by atoms with Crippen LogP contribution in [0.1, 0.15) is 37.4 Å². The molecule has 10 heteroatoms. The zero-order valence-corrected chi connectivity index (χ0v) is 24.1. The zero-order valence-electron chi connectivity index (χ0n) is 23.4. The summed E-state index contributed by atoms with van der Waals surface area (Å²) in [6, 6.07) is 13.0. The highest BCUT2D eigenvalue weighted by molar-refractivity contribution is 6.36. The summed E-state index contributed by atoms with van der Waals surface area (Å²) in [5.41, 5.74) is 3.15. The van der Waals surface area contributed by atoms with Crippen molar-refractivity contribution < 1.29 is 14.6 Å². The second-order valence-electron chi connectivity index (χ2n) is 11.4. The first-order chi connectivity index (χ1) is 19.3. The lowest BCUT2D eigenvalue weighted by Crippen LogP contribution is -2.39. The normalized spacial score (nSPS) is 23.1. The SMILES string of the molecule is C[C@@H]1C[C@@H](N(C)c2nc(OC[C@@H]3CCCN3C)nc3c2CCN(c2cccc4cccc(Cl)c24)C3)CN1C(=O)O. The van der Waals surface area contributed by atoms with E-state index in [1.807, 2.05) is 26.1 Å². The molecule has 1 N–H and O–H groups in total. The van der Waals surface area contributed by atoms with Gasteiger partial charge in [0.2, 0.25) is 0 Å². The first kappa shape index (κ1) is 26.9. The van der Waals surface area contributed by atoms with E-state index in [1.165, 1.54) is 11.3 Å². The van der Waals surface area contributed by atoms with Crippen molar-refractivity contribution in [3.63, 3.8) is 0 Å². The molecule has 1 aromatic heterocycles. The largest absolute Gasteiger partial charge is 0.465 e. The van der Waals surface area contributed by atoms with Crippen LogP contribution in [0.15, 0.2) is 36.4 Å². The summed E-state index contributed by atoms with van der Waals surface area (Å²) in [6.45, 7) is 5.47. The number of carbonyl (C=O) groups is 1. The Kier molecular flexibility index (Phi) is 7.35. The van der Waals surface area contributed by atoms with Gasteiger partial charge in [0, 0.05) is 54.9 Å². The van der Waals surface area contributed by atoms with E-state index >= 15 is 0 Å². The summed E-state index contributed by atoms with van der Waals surface area (Å²) in [5, 5.41) is 12.6. The number of halogens is 1. The number of nitrogens with zero attached hydrogens (tertiary/aromatic N) is 6. The van der Waals surface area contributed by atoms with Crippen LogP contribution in [0.25, 0.3) is 10.8 Å². The molecule has 0 saturated carbocycles. The molecule has 0 aliphatic carbocycles. The van der Waals surface area contributed by atoms with Gasteiger partial charge in [-0.25, -0.2) is 4.79 Å². The standard InChI is InChI=1S/C30H37ClN6O3/c1-19-15-22(16-37(19)30(38)39)35(3)28-23-12-14-36(26-11-5-8-20-7-4-10-24(31)27(20)26)17-25(23)32-29(33-28)40-18-21-9-6-13-34(21)2/h4-5,7-8,10-11,19,21-22H,6,9,12-18H2,1-3H3,(H,38,39)/t19-,21+,22-/m1/s1. The van der Waals surface area contributed by atoms with Gasteiger partial charge in [0.05, 0.1) is 17.3 Å². The zero-order chi connectivity index (χ0) is 28.0. The molecule has 0 spiro atoms. The summed E-state index contributed by atoms with van der Waals surface area (Å²) in [5.74, 6) is 0.847. The molecule has 9 nitrogen and oxygen atoms in total. The second kappa shape index (κ2) is 10.9. The van der Waals surface area contributed by atoms with Gasteiger partial charge in [-0.15, -0.1) is 0 Å². The minimum atomic E-state index is -0.873. The van der Waals surface area contributed by atoms with Crippen molar-refractivity contribution in [1.82, 2.24) is 19.8 Å². The van der Waals surface area contributed by atoms with Crippen molar-refractivity contribution >= 4 is 40.0 Å². The number of likely N-dealkylation sites (tertiary alicyclic amines) is 2. The molecule has 2 saturated heterocycles. The topological polar surface area (TPSA) is 85.3 Å². The number of likely N-dealkylation sites (N-methyl/N-ethyl adjacent to an activating group) is 2. The van der Waals surface area contributed by atoms with Crippen LogP contribution in [0.4, 0.5) is 16.3 Å². The quantitative estimate of drug-likeness (QED) is 0.453. The number of carboxylic acid groups (broad SMARTS) is 1. The smallest absolute Gasteiger partial charge is 0.407 e. The summed E-state index contributed by atoms with van der Waals surface area (Å²) in [6.07, 6.45) is 2.93. The van der Waals surface area contributed by atoms with Crippen molar-refractivity contribution in [2.75, 3.05) is 50.1 Å². The first-order valence-electron chi connectivity index (χ1n) is 14.2. The van der Waals surface area contributed by atoms with Crippen molar-refractivity contribution in [3.8, 4) is 6.01 Å². The van der Waals surface area contributed by atoms with E-state index in [1.54, 1.807) is 0 Å². The number of hydrogen-bond acceptors (Lipinski definition) is 7. The number of rotatable bonds is 6. The molecule has 1 amide bonds. The minimum absolute atomic E-state index is 0.0359. The Hall–Kier alpha value is -3.30. The fourth-order valence-corrected chi connectivity index (χ4v) is 6.85. The molecular formula is C30H37ClN6O3. The number of ether oxygens (including phenoxy) is 1. The summed E-state index contributed by atoms with van der Waals surface area (Å²) in [7, 11) is 4.16. The van der Waals surface area contributed by atoms with Gasteiger partial charge < -0.3 is 29.4 Å². The highest BCUT2D eigenvalue weighted by Crippen LogP contribution is 2.37. The van der Waals surface area contributed by atoms with Crippen LogP contribution >= 0.6 is 11.6 Å². The molecule has 4 heterocycles. The molecule has 212 valence electrons. The molecule has 3 aliphatic heterocycles. The molecule has 2 fully saturated rings. The first-order valence-corrected chi connectivity index (χ1v) is 14.6. The van der Waals surface area contributed by atoms with Gasteiger partial charge in [-0.2, -0.15) is 9.97 Å². The van der Waals surface area contributed by atoms with Gasteiger partial charge in [-0.1, -0.05) is 35.9 Å². The van der Waals surface area contributed by atoms with E-state index in [2.05, 4.69) is 46.0 Å². The lowest BCUT2D eigenvalue weighted by molar-refractivity contribution is 0.143. The maximum Gasteiger partial charge on any atom is 0.407 e. The number of benzene rings is 2. The fraction of sp³-hybridized carbons (Fsp3) is 0.500. The lowest BCUT2D eigenvalue weighted by Gasteiger charge is -2.35. The summed E-state index contributed by atoms with van der Waals surface area (Å²) < 4.78 is 6.26. The van der Waals surface area contributed by atoms with Gasteiger partial charge in [-0.05, 0) is 63.7 Å². The van der Waals surface area contributed by atoms with Crippen LogP contribution in [0.3, 0.4) is 0 Å². The molecule has 2 aromatic carbocycles. The van der Waals surface area contributed by atoms with Gasteiger partial charge in [0.1, 0.15) is 12.4 Å². The third-order valence-corrected chi connectivity index (χ3v) is 9.27. The van der Waals surface area contributed by atoms with Crippen LogP contribution in [-0.2, 0) is 13.0 Å². The van der Waals surface area contributed by atoms with E-state index in [0.717, 1.165) is 70.9 Å². The summed E-state index contributed by atoms with van der Waals surface area (Å²) >= 11 is 6.68. The fourth-order valence-electron chi connectivity index (χ4n) is 6.57. The number of anilines is 2. The Morgan fingerprint density at radius 2 is 2.00 bits per heavy atom. The molecule has 0 unspecified atom stereocenters. The molecule has 3 atom stereocenters. The molecule has 3 aromatic rings. The molecule has 6 rings (SSSR count). The summed E-state index contributed by atoms with van der Waals surface area (Å²) in [4.78, 5) is 30.0. The highest BCUT2D eigenvalue weighted by Gasteiger charge is 2.37.